The van der Waals surface area contributed by atoms with Crippen LogP contribution >= 0.6 is 0 Å². The monoisotopic (exact) mass is 223 g/mol. The first-order valence-corrected chi connectivity index (χ1v) is 6.37. The molecule has 0 aromatic carbocycles. The molecule has 1 aliphatic carbocycles. The Morgan fingerprint density at radius 3 is 2.62 bits per heavy atom. The lowest BCUT2D eigenvalue weighted by molar-refractivity contribution is 0.365. The fourth-order valence-electron chi connectivity index (χ4n) is 2.31. The van der Waals surface area contributed by atoms with Crippen molar-refractivity contribution in [1.82, 2.24) is 15.5 Å². The standard InChI is InChI=1S/C12H21N3O/c1-10-14-12(16-15-10)8-9-13-11-6-4-2-3-5-7-11/h11,13H,2-9H2,1H3. The average Bonchev–Trinajstić information content (AvgIpc) is 2.54. The van der Waals surface area contributed by atoms with E-state index in [0.717, 1.165) is 24.7 Å². The molecule has 16 heavy (non-hydrogen) atoms. The van der Waals surface area contributed by atoms with Crippen LogP contribution in [0.1, 0.15) is 50.2 Å². The van der Waals surface area contributed by atoms with Gasteiger partial charge >= 0.3 is 0 Å². The quantitative estimate of drug-likeness (QED) is 0.795. The van der Waals surface area contributed by atoms with Crippen LogP contribution in [0, 0.1) is 6.92 Å². The van der Waals surface area contributed by atoms with Gasteiger partial charge in [-0.05, 0) is 19.8 Å². The molecule has 4 nitrogen and oxygen atoms in total. The molecule has 0 unspecified atom stereocenters. The molecule has 0 amide bonds. The lowest BCUT2D eigenvalue weighted by Crippen LogP contribution is -2.30. The zero-order valence-electron chi connectivity index (χ0n) is 10.0. The maximum atomic E-state index is 5.08. The number of aromatic nitrogens is 2. The van der Waals surface area contributed by atoms with E-state index in [2.05, 4.69) is 15.5 Å². The molecular formula is C12H21N3O. The highest BCUT2D eigenvalue weighted by Gasteiger charge is 2.11. The second-order valence-corrected chi connectivity index (χ2v) is 4.63. The van der Waals surface area contributed by atoms with Gasteiger partial charge in [-0.1, -0.05) is 30.8 Å². The van der Waals surface area contributed by atoms with Crippen LogP contribution in [0.5, 0.6) is 0 Å². The summed E-state index contributed by atoms with van der Waals surface area (Å²) in [6.07, 6.45) is 9.04. The van der Waals surface area contributed by atoms with Gasteiger partial charge in [-0.15, -0.1) is 0 Å². The van der Waals surface area contributed by atoms with Crippen LogP contribution in [-0.4, -0.2) is 22.7 Å². The lowest BCUT2D eigenvalue weighted by atomic mass is 10.1. The van der Waals surface area contributed by atoms with E-state index in [1.54, 1.807) is 0 Å². The van der Waals surface area contributed by atoms with Crippen LogP contribution in [0.25, 0.3) is 0 Å². The van der Waals surface area contributed by atoms with Crippen LogP contribution < -0.4 is 5.32 Å². The number of nitrogens with one attached hydrogen (secondary N) is 1. The molecule has 1 aromatic heterocycles. The second kappa shape index (κ2) is 5.99. The summed E-state index contributed by atoms with van der Waals surface area (Å²) >= 11 is 0. The fourth-order valence-corrected chi connectivity index (χ4v) is 2.31. The normalized spacial score (nSPS) is 18.6. The molecule has 0 aliphatic heterocycles. The van der Waals surface area contributed by atoms with Gasteiger partial charge < -0.3 is 9.84 Å². The van der Waals surface area contributed by atoms with Gasteiger partial charge in [0.15, 0.2) is 5.82 Å². The van der Waals surface area contributed by atoms with E-state index in [1.165, 1.54) is 38.5 Å². The Balaban J connectivity index is 1.67. The van der Waals surface area contributed by atoms with Gasteiger partial charge in [0, 0.05) is 19.0 Å². The highest BCUT2D eigenvalue weighted by molar-refractivity contribution is 4.84. The third kappa shape index (κ3) is 3.59. The van der Waals surface area contributed by atoms with Crippen molar-refractivity contribution in [2.45, 2.75) is 57.9 Å². The van der Waals surface area contributed by atoms with Crippen molar-refractivity contribution in [2.75, 3.05) is 6.54 Å². The minimum atomic E-state index is 0.700. The SMILES string of the molecule is Cc1noc(CCNC2CCCCCC2)n1. The van der Waals surface area contributed by atoms with Gasteiger partial charge in [0.05, 0.1) is 0 Å². The van der Waals surface area contributed by atoms with E-state index in [-0.39, 0.29) is 0 Å². The van der Waals surface area contributed by atoms with Crippen LogP contribution in [0.3, 0.4) is 0 Å². The zero-order chi connectivity index (χ0) is 11.2. The van der Waals surface area contributed by atoms with Gasteiger partial charge in [0.2, 0.25) is 5.89 Å². The molecular weight excluding hydrogens is 202 g/mol. The Hall–Kier alpha value is -0.900. The summed E-state index contributed by atoms with van der Waals surface area (Å²) in [6.45, 7) is 2.80. The summed E-state index contributed by atoms with van der Waals surface area (Å²) in [5.74, 6) is 1.48. The van der Waals surface area contributed by atoms with Gasteiger partial charge in [0.1, 0.15) is 0 Å². The van der Waals surface area contributed by atoms with Crippen molar-refractivity contribution in [3.63, 3.8) is 0 Å². The van der Waals surface area contributed by atoms with Crippen LogP contribution in [-0.2, 0) is 6.42 Å². The van der Waals surface area contributed by atoms with E-state index in [1.807, 2.05) is 6.92 Å². The third-order valence-corrected chi connectivity index (χ3v) is 3.20. The van der Waals surface area contributed by atoms with Crippen molar-refractivity contribution in [3.05, 3.63) is 11.7 Å². The topological polar surface area (TPSA) is 51.0 Å². The third-order valence-electron chi connectivity index (χ3n) is 3.20. The van der Waals surface area contributed by atoms with Gasteiger partial charge in [-0.25, -0.2) is 0 Å². The summed E-state index contributed by atoms with van der Waals surface area (Å²) < 4.78 is 5.08. The fraction of sp³-hybridized carbons (Fsp3) is 0.833. The van der Waals surface area contributed by atoms with Crippen molar-refractivity contribution in [3.8, 4) is 0 Å². The molecule has 0 spiro atoms. The Labute approximate surface area is 96.8 Å². The first-order valence-electron chi connectivity index (χ1n) is 6.37. The molecule has 0 bridgehead atoms. The largest absolute Gasteiger partial charge is 0.339 e. The summed E-state index contributed by atoms with van der Waals surface area (Å²) in [4.78, 5) is 4.19. The Kier molecular flexibility index (Phi) is 4.34. The molecule has 0 radical (unpaired) electrons. The lowest BCUT2D eigenvalue weighted by Gasteiger charge is -2.14. The first kappa shape index (κ1) is 11.6. The number of hydrogen-bond donors (Lipinski definition) is 1. The average molecular weight is 223 g/mol. The molecule has 2 rings (SSSR count). The highest BCUT2D eigenvalue weighted by atomic mass is 16.5. The van der Waals surface area contributed by atoms with Crippen molar-refractivity contribution >= 4 is 0 Å². The molecule has 1 N–H and O–H groups in total. The molecule has 1 aromatic rings. The zero-order valence-corrected chi connectivity index (χ0v) is 10.0. The maximum Gasteiger partial charge on any atom is 0.227 e. The summed E-state index contributed by atoms with van der Waals surface area (Å²) in [7, 11) is 0. The first-order chi connectivity index (χ1) is 7.84. The molecule has 1 aliphatic rings. The van der Waals surface area contributed by atoms with Crippen molar-refractivity contribution < 1.29 is 4.52 Å². The van der Waals surface area contributed by atoms with Crippen LogP contribution in [0.15, 0.2) is 4.52 Å². The predicted octanol–water partition coefficient (Wildman–Crippen LogP) is 2.23. The molecule has 0 atom stereocenters. The molecule has 1 saturated carbocycles. The number of rotatable bonds is 4. The Morgan fingerprint density at radius 1 is 1.25 bits per heavy atom. The van der Waals surface area contributed by atoms with E-state index < -0.39 is 0 Å². The minimum absolute atomic E-state index is 0.700. The van der Waals surface area contributed by atoms with E-state index in [0.29, 0.717) is 6.04 Å². The van der Waals surface area contributed by atoms with E-state index >= 15 is 0 Å². The van der Waals surface area contributed by atoms with Gasteiger partial charge in [0.25, 0.3) is 0 Å². The molecule has 90 valence electrons. The van der Waals surface area contributed by atoms with E-state index in [4.69, 9.17) is 4.52 Å². The Morgan fingerprint density at radius 2 is 2.00 bits per heavy atom. The molecule has 1 heterocycles. The Bertz CT molecular complexity index is 303. The number of nitrogens with zero attached hydrogens (tertiary/aromatic N) is 2. The van der Waals surface area contributed by atoms with Crippen LogP contribution in [0.2, 0.25) is 0 Å². The minimum Gasteiger partial charge on any atom is -0.339 e. The smallest absolute Gasteiger partial charge is 0.227 e. The van der Waals surface area contributed by atoms with Crippen molar-refractivity contribution in [1.29, 1.82) is 0 Å². The summed E-state index contributed by atoms with van der Waals surface area (Å²) in [5, 5.41) is 7.37. The molecule has 1 fully saturated rings. The molecule has 4 heteroatoms. The van der Waals surface area contributed by atoms with E-state index in [9.17, 15) is 0 Å². The predicted molar refractivity (Wildman–Crippen MR) is 62.2 cm³/mol. The molecule has 0 saturated heterocycles. The number of hydrogen-bond acceptors (Lipinski definition) is 4. The summed E-state index contributed by atoms with van der Waals surface area (Å²) in [6, 6.07) is 0.700. The number of aryl methyl sites for hydroxylation is 1. The van der Waals surface area contributed by atoms with Crippen molar-refractivity contribution in [2.24, 2.45) is 0 Å². The maximum absolute atomic E-state index is 5.08. The van der Waals surface area contributed by atoms with Crippen LogP contribution in [0.4, 0.5) is 0 Å². The summed E-state index contributed by atoms with van der Waals surface area (Å²) in [5.41, 5.74) is 0. The second-order valence-electron chi connectivity index (χ2n) is 4.63. The van der Waals surface area contributed by atoms with Gasteiger partial charge in [-0.2, -0.15) is 4.98 Å². The highest BCUT2D eigenvalue weighted by Crippen LogP contribution is 2.17. The van der Waals surface area contributed by atoms with Gasteiger partial charge in [-0.3, -0.25) is 0 Å².